The van der Waals surface area contributed by atoms with E-state index in [2.05, 4.69) is 21.2 Å². The average Bonchev–Trinajstić information content (AvgIpc) is 2.21. The van der Waals surface area contributed by atoms with Gasteiger partial charge in [0.2, 0.25) is 0 Å². The summed E-state index contributed by atoms with van der Waals surface area (Å²) < 4.78 is 13.4. The van der Waals surface area contributed by atoms with E-state index in [4.69, 9.17) is 11.6 Å². The SMILES string of the molecule is CC(CCl)NC(=O)c1ccc(Br)c(F)c1. The average molecular weight is 295 g/mol. The number of carbonyl (C=O) groups is 1. The Morgan fingerprint density at radius 3 is 2.87 bits per heavy atom. The minimum absolute atomic E-state index is 0.133. The third-order valence-corrected chi connectivity index (χ3v) is 2.90. The summed E-state index contributed by atoms with van der Waals surface area (Å²) in [4.78, 5) is 11.5. The molecular weight excluding hydrogens is 284 g/mol. The molecule has 0 heterocycles. The molecule has 1 N–H and O–H groups in total. The van der Waals surface area contributed by atoms with Crippen LogP contribution >= 0.6 is 27.5 Å². The number of hydrogen-bond acceptors (Lipinski definition) is 1. The van der Waals surface area contributed by atoms with Crippen LogP contribution in [0, 0.1) is 5.82 Å². The van der Waals surface area contributed by atoms with Gasteiger partial charge in [-0.1, -0.05) is 0 Å². The third kappa shape index (κ3) is 3.47. The first-order valence-electron chi connectivity index (χ1n) is 4.36. The zero-order valence-electron chi connectivity index (χ0n) is 8.06. The van der Waals surface area contributed by atoms with Crippen LogP contribution in [0.2, 0.25) is 0 Å². The lowest BCUT2D eigenvalue weighted by Gasteiger charge is -2.10. The van der Waals surface area contributed by atoms with E-state index in [1.165, 1.54) is 12.1 Å². The second-order valence-electron chi connectivity index (χ2n) is 3.16. The van der Waals surface area contributed by atoms with Crippen LogP contribution in [0.1, 0.15) is 17.3 Å². The van der Waals surface area contributed by atoms with Gasteiger partial charge in [0.25, 0.3) is 5.91 Å². The molecule has 0 radical (unpaired) electrons. The topological polar surface area (TPSA) is 29.1 Å². The number of carbonyl (C=O) groups excluding carboxylic acids is 1. The Bertz CT molecular complexity index is 372. The number of hydrogen-bond donors (Lipinski definition) is 1. The molecule has 0 aliphatic carbocycles. The zero-order chi connectivity index (χ0) is 11.4. The maximum atomic E-state index is 13.1. The van der Waals surface area contributed by atoms with Crippen molar-refractivity contribution in [2.45, 2.75) is 13.0 Å². The number of benzene rings is 1. The molecule has 0 fully saturated rings. The third-order valence-electron chi connectivity index (χ3n) is 1.79. The summed E-state index contributed by atoms with van der Waals surface area (Å²) in [7, 11) is 0. The van der Waals surface area contributed by atoms with Gasteiger partial charge in [-0.25, -0.2) is 4.39 Å². The summed E-state index contributed by atoms with van der Waals surface area (Å²) in [5.41, 5.74) is 0.285. The molecule has 82 valence electrons. The van der Waals surface area contributed by atoms with Crippen molar-refractivity contribution in [1.29, 1.82) is 0 Å². The summed E-state index contributed by atoms with van der Waals surface area (Å²) in [6, 6.07) is 4.09. The maximum Gasteiger partial charge on any atom is 0.251 e. The molecule has 0 spiro atoms. The number of amides is 1. The number of halogens is 3. The molecule has 1 rings (SSSR count). The van der Waals surface area contributed by atoms with Crippen LogP contribution < -0.4 is 5.32 Å². The number of alkyl halides is 1. The summed E-state index contributed by atoms with van der Waals surface area (Å²) >= 11 is 8.56. The van der Waals surface area contributed by atoms with Crippen molar-refractivity contribution in [3.63, 3.8) is 0 Å². The highest BCUT2D eigenvalue weighted by Gasteiger charge is 2.10. The lowest BCUT2D eigenvalue weighted by Crippen LogP contribution is -2.33. The van der Waals surface area contributed by atoms with E-state index >= 15 is 0 Å². The lowest BCUT2D eigenvalue weighted by atomic mass is 10.2. The highest BCUT2D eigenvalue weighted by atomic mass is 79.9. The summed E-state index contributed by atoms with van der Waals surface area (Å²) in [5.74, 6) is -0.458. The van der Waals surface area contributed by atoms with Crippen molar-refractivity contribution in [1.82, 2.24) is 5.32 Å². The van der Waals surface area contributed by atoms with Gasteiger partial charge in [0.15, 0.2) is 0 Å². The van der Waals surface area contributed by atoms with E-state index in [9.17, 15) is 9.18 Å². The molecule has 0 aliphatic heterocycles. The van der Waals surface area contributed by atoms with E-state index in [-0.39, 0.29) is 17.5 Å². The van der Waals surface area contributed by atoms with Crippen LogP contribution in [0.4, 0.5) is 4.39 Å². The Morgan fingerprint density at radius 1 is 1.67 bits per heavy atom. The molecule has 2 nitrogen and oxygen atoms in total. The molecular formula is C10H10BrClFNO. The van der Waals surface area contributed by atoms with E-state index in [1.807, 2.05) is 0 Å². The fourth-order valence-electron chi connectivity index (χ4n) is 0.983. The van der Waals surface area contributed by atoms with Gasteiger partial charge in [-0.3, -0.25) is 4.79 Å². The van der Waals surface area contributed by atoms with Gasteiger partial charge in [0.1, 0.15) is 5.82 Å². The largest absolute Gasteiger partial charge is 0.348 e. The molecule has 15 heavy (non-hydrogen) atoms. The minimum atomic E-state index is -0.457. The Hall–Kier alpha value is -0.610. The molecule has 5 heteroatoms. The van der Waals surface area contributed by atoms with Gasteiger partial charge < -0.3 is 5.32 Å². The molecule has 0 bridgehead atoms. The fraction of sp³-hybridized carbons (Fsp3) is 0.300. The molecule has 1 aromatic rings. The van der Waals surface area contributed by atoms with Gasteiger partial charge in [0, 0.05) is 17.5 Å². The van der Waals surface area contributed by atoms with Crippen molar-refractivity contribution < 1.29 is 9.18 Å². The van der Waals surface area contributed by atoms with Gasteiger partial charge in [-0.2, -0.15) is 0 Å². The fourth-order valence-corrected chi connectivity index (χ4v) is 1.31. The Balaban J connectivity index is 2.78. The van der Waals surface area contributed by atoms with Crippen molar-refractivity contribution in [3.05, 3.63) is 34.1 Å². The molecule has 0 saturated carbocycles. The molecule has 1 amide bonds. The van der Waals surface area contributed by atoms with Gasteiger partial charge in [-0.05, 0) is 41.1 Å². The Kier molecular flexibility index (Phi) is 4.54. The van der Waals surface area contributed by atoms with Crippen LogP contribution in [0.15, 0.2) is 22.7 Å². The predicted molar refractivity (Wildman–Crippen MR) is 61.7 cm³/mol. The van der Waals surface area contributed by atoms with E-state index < -0.39 is 5.82 Å². The predicted octanol–water partition coefficient (Wildman–Crippen LogP) is 2.95. The molecule has 1 atom stereocenters. The van der Waals surface area contributed by atoms with Gasteiger partial charge in [0.05, 0.1) is 4.47 Å². The van der Waals surface area contributed by atoms with Crippen molar-refractivity contribution in [3.8, 4) is 0 Å². The molecule has 1 aromatic carbocycles. The van der Waals surface area contributed by atoms with E-state index in [0.717, 1.165) is 0 Å². The maximum absolute atomic E-state index is 13.1. The monoisotopic (exact) mass is 293 g/mol. The van der Waals surface area contributed by atoms with Crippen molar-refractivity contribution in [2.24, 2.45) is 0 Å². The zero-order valence-corrected chi connectivity index (χ0v) is 10.4. The van der Waals surface area contributed by atoms with Crippen LogP contribution in [0.25, 0.3) is 0 Å². The highest BCUT2D eigenvalue weighted by molar-refractivity contribution is 9.10. The smallest absolute Gasteiger partial charge is 0.251 e. The van der Waals surface area contributed by atoms with Crippen LogP contribution in [0.3, 0.4) is 0 Å². The van der Waals surface area contributed by atoms with E-state index in [1.54, 1.807) is 13.0 Å². The summed E-state index contributed by atoms with van der Waals surface area (Å²) in [6.07, 6.45) is 0. The normalized spacial score (nSPS) is 12.3. The van der Waals surface area contributed by atoms with Crippen LogP contribution in [-0.4, -0.2) is 17.8 Å². The van der Waals surface area contributed by atoms with E-state index in [0.29, 0.717) is 10.4 Å². The second-order valence-corrected chi connectivity index (χ2v) is 4.32. The first kappa shape index (κ1) is 12.5. The molecule has 0 aliphatic rings. The summed E-state index contributed by atoms with van der Waals surface area (Å²) in [5, 5.41) is 2.64. The standard InChI is InChI=1S/C10H10BrClFNO/c1-6(5-12)14-10(15)7-2-3-8(11)9(13)4-7/h2-4,6H,5H2,1H3,(H,14,15). The van der Waals surface area contributed by atoms with Crippen molar-refractivity contribution >= 4 is 33.4 Å². The molecule has 0 saturated heterocycles. The molecule has 0 aromatic heterocycles. The Labute approximate surface area is 101 Å². The first-order valence-corrected chi connectivity index (χ1v) is 5.69. The lowest BCUT2D eigenvalue weighted by molar-refractivity contribution is 0.0943. The number of rotatable bonds is 3. The van der Waals surface area contributed by atoms with Gasteiger partial charge >= 0.3 is 0 Å². The molecule has 1 unspecified atom stereocenters. The van der Waals surface area contributed by atoms with Gasteiger partial charge in [-0.15, -0.1) is 11.6 Å². The minimum Gasteiger partial charge on any atom is -0.348 e. The highest BCUT2D eigenvalue weighted by Crippen LogP contribution is 2.16. The van der Waals surface area contributed by atoms with Crippen molar-refractivity contribution in [2.75, 3.05) is 5.88 Å². The Morgan fingerprint density at radius 2 is 2.33 bits per heavy atom. The summed E-state index contributed by atoms with van der Waals surface area (Å²) in [6.45, 7) is 1.78. The first-order chi connectivity index (χ1) is 7.04. The quantitative estimate of drug-likeness (QED) is 0.853. The second kappa shape index (κ2) is 5.47. The van der Waals surface area contributed by atoms with Crippen LogP contribution in [-0.2, 0) is 0 Å². The van der Waals surface area contributed by atoms with Crippen LogP contribution in [0.5, 0.6) is 0 Å². The number of nitrogens with one attached hydrogen (secondary N) is 1.